The van der Waals surface area contributed by atoms with Gasteiger partial charge >= 0.3 is 4.83 Å². The average Bonchev–Trinajstić information content (AvgIpc) is 2.79. The molecular weight excluding hydrogens is 492 g/mol. The molecule has 0 spiro atoms. The number of rotatable bonds is 6. The first-order valence-corrected chi connectivity index (χ1v) is 13.2. The fourth-order valence-corrected chi connectivity index (χ4v) is 6.62. The van der Waals surface area contributed by atoms with Crippen LogP contribution in [0.4, 0.5) is 17.6 Å². The molecule has 33 heavy (non-hydrogen) atoms. The second kappa shape index (κ2) is 10.5. The van der Waals surface area contributed by atoms with Crippen molar-refractivity contribution in [3.63, 3.8) is 0 Å². The molecule has 0 N–H and O–H groups in total. The topological polar surface area (TPSA) is 0 Å². The van der Waals surface area contributed by atoms with Gasteiger partial charge in [-0.1, -0.05) is 56.9 Å². The molecule has 2 aliphatic carbocycles. The highest BCUT2D eigenvalue weighted by Gasteiger charge is 2.35. The van der Waals surface area contributed by atoms with Crippen molar-refractivity contribution in [1.82, 2.24) is 0 Å². The first-order chi connectivity index (χ1) is 15.8. The molecule has 0 atom stereocenters. The molecule has 0 saturated heterocycles. The molecule has 5 heteroatoms. The van der Waals surface area contributed by atoms with Crippen LogP contribution in [-0.2, 0) is 4.83 Å². The molecule has 0 aromatic heterocycles. The molecule has 0 amide bonds. The highest BCUT2D eigenvalue weighted by Crippen LogP contribution is 2.45. The van der Waals surface area contributed by atoms with E-state index in [0.29, 0.717) is 11.5 Å². The Hall–Kier alpha value is -1.36. The fraction of sp³-hybridized carbons (Fsp3) is 0.571. The lowest BCUT2D eigenvalue weighted by atomic mass is 9.68. The number of hydrogen-bond acceptors (Lipinski definition) is 0. The van der Waals surface area contributed by atoms with Gasteiger partial charge in [-0.15, -0.1) is 0 Å². The third kappa shape index (κ3) is 5.83. The molecule has 2 fully saturated rings. The lowest BCUT2D eigenvalue weighted by Gasteiger charge is -2.38. The largest absolute Gasteiger partial charge is 0.332 e. The Balaban J connectivity index is 1.36. The van der Waals surface area contributed by atoms with Crippen molar-refractivity contribution in [3.8, 4) is 11.1 Å². The molecular formula is C28H33BrF4. The quantitative estimate of drug-likeness (QED) is 0.260. The molecule has 0 aliphatic heterocycles. The van der Waals surface area contributed by atoms with Crippen LogP contribution in [0.15, 0.2) is 36.4 Å². The standard InChI is InChI=1S/C28H33BrF4/c1-2-3-18-4-6-19(7-5-18)20-8-10-21(11-9-20)22-12-14-23(15-13-22)24-16-25(30)27(26(31)17-24)28(29,32)33/h12-21H,2-11H2,1H3. The van der Waals surface area contributed by atoms with Gasteiger partial charge in [0.05, 0.1) is 0 Å². The highest BCUT2D eigenvalue weighted by molar-refractivity contribution is 9.09. The van der Waals surface area contributed by atoms with E-state index in [-0.39, 0.29) is 5.56 Å². The van der Waals surface area contributed by atoms with Gasteiger partial charge in [0.15, 0.2) is 0 Å². The van der Waals surface area contributed by atoms with Gasteiger partial charge < -0.3 is 0 Å². The third-order valence-corrected chi connectivity index (χ3v) is 8.46. The molecule has 2 aliphatic rings. The van der Waals surface area contributed by atoms with E-state index in [1.807, 2.05) is 40.2 Å². The maximum absolute atomic E-state index is 14.2. The monoisotopic (exact) mass is 524 g/mol. The summed E-state index contributed by atoms with van der Waals surface area (Å²) in [6, 6.07) is 9.69. The molecule has 4 rings (SSSR count). The van der Waals surface area contributed by atoms with Crippen molar-refractivity contribution in [2.24, 2.45) is 17.8 Å². The van der Waals surface area contributed by atoms with E-state index < -0.39 is 22.0 Å². The summed E-state index contributed by atoms with van der Waals surface area (Å²) in [5.41, 5.74) is 0.893. The van der Waals surface area contributed by atoms with Crippen LogP contribution in [0.2, 0.25) is 0 Å². The van der Waals surface area contributed by atoms with Gasteiger partial charge in [0.2, 0.25) is 0 Å². The van der Waals surface area contributed by atoms with Gasteiger partial charge in [0, 0.05) is 0 Å². The third-order valence-electron chi connectivity index (χ3n) is 8.07. The molecule has 0 bridgehead atoms. The van der Waals surface area contributed by atoms with Gasteiger partial charge in [0.1, 0.15) is 17.2 Å². The predicted molar refractivity (Wildman–Crippen MR) is 130 cm³/mol. The second-order valence-electron chi connectivity index (χ2n) is 10.1. The molecule has 180 valence electrons. The summed E-state index contributed by atoms with van der Waals surface area (Å²) in [7, 11) is 0. The molecule has 0 radical (unpaired) electrons. The number of halogens is 5. The van der Waals surface area contributed by atoms with Crippen LogP contribution in [0.3, 0.4) is 0 Å². The summed E-state index contributed by atoms with van der Waals surface area (Å²) in [5, 5.41) is 0. The van der Waals surface area contributed by atoms with Crippen LogP contribution in [-0.4, -0.2) is 0 Å². The van der Waals surface area contributed by atoms with Crippen molar-refractivity contribution in [3.05, 3.63) is 59.2 Å². The summed E-state index contributed by atoms with van der Waals surface area (Å²) >= 11 is 2.05. The molecule has 2 aromatic rings. The van der Waals surface area contributed by atoms with E-state index in [0.717, 1.165) is 29.9 Å². The number of alkyl halides is 3. The highest BCUT2D eigenvalue weighted by atomic mass is 79.9. The Kier molecular flexibility index (Phi) is 7.87. The van der Waals surface area contributed by atoms with E-state index >= 15 is 0 Å². The number of hydrogen-bond donors (Lipinski definition) is 0. The van der Waals surface area contributed by atoms with E-state index in [9.17, 15) is 17.6 Å². The van der Waals surface area contributed by atoms with Gasteiger partial charge in [-0.25, -0.2) is 8.78 Å². The first kappa shape index (κ1) is 24.8. The zero-order valence-electron chi connectivity index (χ0n) is 19.2. The smallest absolute Gasteiger partial charge is 0.206 e. The van der Waals surface area contributed by atoms with Gasteiger partial charge in [0.25, 0.3) is 0 Å². The Morgan fingerprint density at radius 3 is 1.79 bits per heavy atom. The van der Waals surface area contributed by atoms with Gasteiger partial charge in [-0.2, -0.15) is 8.78 Å². The maximum Gasteiger partial charge on any atom is 0.332 e. The Bertz CT molecular complexity index is 895. The summed E-state index contributed by atoms with van der Waals surface area (Å²) in [6.07, 6.45) is 13.3. The van der Waals surface area contributed by atoms with Crippen molar-refractivity contribution in [2.75, 3.05) is 0 Å². The van der Waals surface area contributed by atoms with Crippen LogP contribution < -0.4 is 0 Å². The Morgan fingerprint density at radius 2 is 1.30 bits per heavy atom. The minimum atomic E-state index is -3.74. The van der Waals surface area contributed by atoms with Crippen molar-refractivity contribution in [1.29, 1.82) is 0 Å². The van der Waals surface area contributed by atoms with Crippen LogP contribution in [0.25, 0.3) is 11.1 Å². The van der Waals surface area contributed by atoms with E-state index in [2.05, 4.69) is 6.92 Å². The lowest BCUT2D eigenvalue weighted by molar-refractivity contribution is 0.105. The summed E-state index contributed by atoms with van der Waals surface area (Å²) in [6.45, 7) is 2.29. The fourth-order valence-electron chi connectivity index (χ4n) is 6.24. The summed E-state index contributed by atoms with van der Waals surface area (Å²) < 4.78 is 55.1. The SMILES string of the molecule is CCCC1CCC(C2CCC(c3ccc(-c4cc(F)c(C(F)(F)Br)c(F)c4)cc3)CC2)CC1. The summed E-state index contributed by atoms with van der Waals surface area (Å²) in [4.78, 5) is -3.74. The Morgan fingerprint density at radius 1 is 0.788 bits per heavy atom. The zero-order valence-corrected chi connectivity index (χ0v) is 20.8. The van der Waals surface area contributed by atoms with Crippen LogP contribution in [0.1, 0.15) is 88.2 Å². The van der Waals surface area contributed by atoms with Crippen molar-refractivity contribution in [2.45, 2.75) is 81.9 Å². The van der Waals surface area contributed by atoms with Gasteiger partial charge in [-0.3, -0.25) is 0 Å². The molecule has 0 heterocycles. The van der Waals surface area contributed by atoms with E-state index in [1.165, 1.54) is 69.8 Å². The van der Waals surface area contributed by atoms with Crippen LogP contribution >= 0.6 is 15.9 Å². The second-order valence-corrected chi connectivity index (χ2v) is 11.1. The number of benzene rings is 2. The molecule has 2 aromatic carbocycles. The minimum Gasteiger partial charge on any atom is -0.206 e. The molecule has 2 saturated carbocycles. The van der Waals surface area contributed by atoms with E-state index in [1.54, 1.807) is 0 Å². The Labute approximate surface area is 203 Å². The maximum atomic E-state index is 14.2. The van der Waals surface area contributed by atoms with Gasteiger partial charge in [-0.05, 0) is 107 Å². The summed E-state index contributed by atoms with van der Waals surface area (Å²) in [5.74, 6) is 0.738. The normalized spacial score (nSPS) is 26.4. The average molecular weight is 525 g/mol. The predicted octanol–water partition coefficient (Wildman–Crippen LogP) is 9.96. The van der Waals surface area contributed by atoms with Crippen molar-refractivity contribution < 1.29 is 17.6 Å². The molecule has 0 nitrogen and oxygen atoms in total. The van der Waals surface area contributed by atoms with Crippen LogP contribution in [0.5, 0.6) is 0 Å². The van der Waals surface area contributed by atoms with Crippen molar-refractivity contribution >= 4 is 15.9 Å². The lowest BCUT2D eigenvalue weighted by Crippen LogP contribution is -2.25. The molecule has 0 unspecified atom stereocenters. The van der Waals surface area contributed by atoms with Crippen LogP contribution in [0, 0.1) is 29.4 Å². The first-order valence-electron chi connectivity index (χ1n) is 12.4. The van der Waals surface area contributed by atoms with E-state index in [4.69, 9.17) is 0 Å². The minimum absolute atomic E-state index is 0.263. The zero-order chi connectivity index (χ0) is 23.6.